The first kappa shape index (κ1) is 13.1. The number of pyridine rings is 1. The number of hydrogen-bond donors (Lipinski definition) is 0. The Balaban J connectivity index is 0.000000921. The number of allylic oxidation sites excluding steroid dienone is 1. The highest BCUT2D eigenvalue weighted by molar-refractivity contribution is 6.01. The summed E-state index contributed by atoms with van der Waals surface area (Å²) in [5.41, 5.74) is 0.743. The van der Waals surface area contributed by atoms with E-state index in [1.807, 2.05) is 19.9 Å². The van der Waals surface area contributed by atoms with Crippen molar-refractivity contribution >= 4 is 11.9 Å². The molecule has 3 heteroatoms. The van der Waals surface area contributed by atoms with E-state index in [0.717, 1.165) is 0 Å². The Hall–Kier alpha value is -1.95. The molecule has 3 nitrogen and oxygen atoms in total. The largest absolute Gasteiger partial charge is 0.294 e. The summed E-state index contributed by atoms with van der Waals surface area (Å²) in [6.07, 6.45) is 3.09. The van der Waals surface area contributed by atoms with Crippen LogP contribution < -0.4 is 0 Å². The second kappa shape index (κ2) is 7.45. The highest BCUT2D eigenvalue weighted by Gasteiger charge is 2.01. The summed E-state index contributed by atoms with van der Waals surface area (Å²) in [5, 5.41) is 8.59. The van der Waals surface area contributed by atoms with Crippen LogP contribution in [-0.4, -0.2) is 10.8 Å². The lowest BCUT2D eigenvalue weighted by molar-refractivity contribution is -0.113. The number of rotatable bonds is 2. The van der Waals surface area contributed by atoms with Gasteiger partial charge in [-0.1, -0.05) is 19.9 Å². The minimum absolute atomic E-state index is 0.124. The van der Waals surface area contributed by atoms with Gasteiger partial charge in [0.25, 0.3) is 0 Å². The van der Waals surface area contributed by atoms with E-state index in [0.29, 0.717) is 5.69 Å². The highest BCUT2D eigenvalue weighted by Crippen LogP contribution is 2.03. The van der Waals surface area contributed by atoms with Crippen molar-refractivity contribution in [3.63, 3.8) is 0 Å². The maximum Gasteiger partial charge on any atom is 0.170 e. The lowest BCUT2D eigenvalue weighted by Crippen LogP contribution is -1.93. The molecule has 0 bridgehead atoms. The standard InChI is InChI=1S/C10H8N2O.C2H6/c1-8(13)9(7-11)6-10-4-2-3-5-12-10;1-2/h2-6H,1H3;1-2H3/b9-6+;. The highest BCUT2D eigenvalue weighted by atomic mass is 16.1. The van der Waals surface area contributed by atoms with Crippen LogP contribution in [0, 0.1) is 11.3 Å². The van der Waals surface area contributed by atoms with Crippen LogP contribution in [0.2, 0.25) is 0 Å². The van der Waals surface area contributed by atoms with Gasteiger partial charge in [0.1, 0.15) is 6.07 Å². The zero-order valence-electron chi connectivity index (χ0n) is 9.19. The Kier molecular flexibility index (Phi) is 6.48. The SMILES string of the molecule is CC.CC(=O)/C(C#N)=C/c1ccccn1. The van der Waals surface area contributed by atoms with Gasteiger partial charge in [-0.3, -0.25) is 9.78 Å². The molecule has 1 aromatic heterocycles. The number of aromatic nitrogens is 1. The molecule has 0 saturated carbocycles. The lowest BCUT2D eigenvalue weighted by Gasteiger charge is -1.91. The molecule has 0 spiro atoms. The molecular formula is C12H14N2O. The molecule has 1 aromatic rings. The van der Waals surface area contributed by atoms with E-state index in [9.17, 15) is 4.79 Å². The number of nitrogens with zero attached hydrogens (tertiary/aromatic N) is 2. The van der Waals surface area contributed by atoms with Crippen LogP contribution in [0.5, 0.6) is 0 Å². The quantitative estimate of drug-likeness (QED) is 0.547. The van der Waals surface area contributed by atoms with E-state index in [4.69, 9.17) is 5.26 Å². The van der Waals surface area contributed by atoms with Crippen LogP contribution in [0.1, 0.15) is 26.5 Å². The number of Topliss-reactive ketones (excluding diaryl/α,β-unsaturated/α-hetero) is 1. The van der Waals surface area contributed by atoms with Crippen LogP contribution in [0.25, 0.3) is 6.08 Å². The van der Waals surface area contributed by atoms with Crippen molar-refractivity contribution in [1.29, 1.82) is 5.26 Å². The molecule has 0 unspecified atom stereocenters. The number of hydrogen-bond acceptors (Lipinski definition) is 3. The van der Waals surface area contributed by atoms with Crippen LogP contribution in [0.4, 0.5) is 0 Å². The Bertz CT molecular complexity index is 374. The van der Waals surface area contributed by atoms with Gasteiger partial charge in [-0.25, -0.2) is 0 Å². The van der Waals surface area contributed by atoms with Gasteiger partial charge in [-0.15, -0.1) is 0 Å². The van der Waals surface area contributed by atoms with E-state index >= 15 is 0 Å². The van der Waals surface area contributed by atoms with Crippen LogP contribution in [0.15, 0.2) is 30.0 Å². The van der Waals surface area contributed by atoms with E-state index < -0.39 is 0 Å². The molecule has 0 N–H and O–H groups in total. The predicted octanol–water partition coefficient (Wildman–Crippen LogP) is 2.60. The first-order valence-corrected chi connectivity index (χ1v) is 4.78. The molecule has 1 rings (SSSR count). The molecule has 1 heterocycles. The minimum Gasteiger partial charge on any atom is -0.294 e. The molecule has 0 aromatic carbocycles. The van der Waals surface area contributed by atoms with Gasteiger partial charge in [0.2, 0.25) is 0 Å². The fourth-order valence-electron chi connectivity index (χ4n) is 0.822. The summed E-state index contributed by atoms with van der Waals surface area (Å²) < 4.78 is 0. The molecule has 78 valence electrons. The smallest absolute Gasteiger partial charge is 0.170 e. The molecule has 0 aliphatic heterocycles. The molecule has 0 saturated heterocycles. The van der Waals surface area contributed by atoms with Crippen molar-refractivity contribution in [2.24, 2.45) is 0 Å². The molecule has 0 aliphatic carbocycles. The summed E-state index contributed by atoms with van der Waals surface area (Å²) >= 11 is 0. The van der Waals surface area contributed by atoms with Crippen LogP contribution in [0.3, 0.4) is 0 Å². The Labute approximate surface area is 90.1 Å². The van der Waals surface area contributed by atoms with E-state index in [1.54, 1.807) is 24.4 Å². The third-order valence-electron chi connectivity index (χ3n) is 1.48. The first-order chi connectivity index (χ1) is 7.24. The molecule has 0 aliphatic rings. The van der Waals surface area contributed by atoms with E-state index in [1.165, 1.54) is 13.0 Å². The average molecular weight is 202 g/mol. The maximum atomic E-state index is 10.9. The monoisotopic (exact) mass is 202 g/mol. The van der Waals surface area contributed by atoms with Crippen molar-refractivity contribution in [2.75, 3.05) is 0 Å². The summed E-state index contributed by atoms with van der Waals surface area (Å²) in [4.78, 5) is 14.8. The van der Waals surface area contributed by atoms with Gasteiger partial charge in [0.15, 0.2) is 5.78 Å². The fraction of sp³-hybridized carbons (Fsp3) is 0.250. The van der Waals surface area contributed by atoms with E-state index in [2.05, 4.69) is 4.98 Å². The Morgan fingerprint density at radius 3 is 2.53 bits per heavy atom. The fourth-order valence-corrected chi connectivity index (χ4v) is 0.822. The zero-order valence-corrected chi connectivity index (χ0v) is 9.19. The summed E-state index contributed by atoms with van der Waals surface area (Å²) in [6.45, 7) is 5.36. The number of nitriles is 1. The molecule has 0 amide bonds. The Morgan fingerprint density at radius 2 is 2.13 bits per heavy atom. The topological polar surface area (TPSA) is 53.8 Å². The average Bonchev–Trinajstić information content (AvgIpc) is 2.29. The lowest BCUT2D eigenvalue weighted by atomic mass is 10.1. The van der Waals surface area contributed by atoms with Gasteiger partial charge >= 0.3 is 0 Å². The molecular weight excluding hydrogens is 188 g/mol. The summed E-state index contributed by atoms with van der Waals surface area (Å²) in [6, 6.07) is 7.13. The second-order valence-electron chi connectivity index (χ2n) is 2.48. The third-order valence-corrected chi connectivity index (χ3v) is 1.48. The number of carbonyl (C=O) groups is 1. The normalized spacial score (nSPS) is 9.60. The molecule has 0 radical (unpaired) electrons. The predicted molar refractivity (Wildman–Crippen MR) is 59.9 cm³/mol. The molecule has 0 fully saturated rings. The van der Waals surface area contributed by atoms with Gasteiger partial charge in [-0.05, 0) is 25.1 Å². The maximum absolute atomic E-state index is 10.9. The van der Waals surface area contributed by atoms with E-state index in [-0.39, 0.29) is 11.4 Å². The van der Waals surface area contributed by atoms with Gasteiger partial charge in [0.05, 0.1) is 11.3 Å². The van der Waals surface area contributed by atoms with Crippen LogP contribution in [-0.2, 0) is 4.79 Å². The van der Waals surface area contributed by atoms with Gasteiger partial charge < -0.3 is 0 Å². The number of ketones is 1. The van der Waals surface area contributed by atoms with Crippen molar-refractivity contribution < 1.29 is 4.79 Å². The second-order valence-corrected chi connectivity index (χ2v) is 2.48. The van der Waals surface area contributed by atoms with Crippen molar-refractivity contribution in [2.45, 2.75) is 20.8 Å². The summed E-state index contributed by atoms with van der Waals surface area (Å²) in [7, 11) is 0. The minimum atomic E-state index is -0.242. The van der Waals surface area contributed by atoms with Gasteiger partial charge in [-0.2, -0.15) is 5.26 Å². The van der Waals surface area contributed by atoms with Gasteiger partial charge in [0, 0.05) is 6.20 Å². The first-order valence-electron chi connectivity index (χ1n) is 4.78. The molecule has 0 atom stereocenters. The molecule has 15 heavy (non-hydrogen) atoms. The Morgan fingerprint density at radius 1 is 1.47 bits per heavy atom. The van der Waals surface area contributed by atoms with Crippen molar-refractivity contribution in [3.8, 4) is 6.07 Å². The third kappa shape index (κ3) is 4.72. The zero-order chi connectivity index (χ0) is 11.7. The van der Waals surface area contributed by atoms with Crippen LogP contribution >= 0.6 is 0 Å². The van der Waals surface area contributed by atoms with Crippen molar-refractivity contribution in [1.82, 2.24) is 4.98 Å². The summed E-state index contributed by atoms with van der Waals surface area (Å²) in [5.74, 6) is -0.242. The van der Waals surface area contributed by atoms with Crippen molar-refractivity contribution in [3.05, 3.63) is 35.7 Å². The number of carbonyl (C=O) groups excluding carboxylic acids is 1.